The molecule has 2 aromatic rings. The first-order valence-corrected chi connectivity index (χ1v) is 11.6. The molecule has 0 amide bonds. The van der Waals surface area contributed by atoms with Gasteiger partial charge in [-0.1, -0.05) is 32.8 Å². The Labute approximate surface area is 166 Å². The average molecular weight is 366 g/mol. The van der Waals surface area contributed by atoms with E-state index in [1.54, 1.807) is 5.56 Å². The summed E-state index contributed by atoms with van der Waals surface area (Å²) < 4.78 is 2.40. The third-order valence-corrected chi connectivity index (χ3v) is 7.91. The summed E-state index contributed by atoms with van der Waals surface area (Å²) in [6, 6.07) is 10.2. The Morgan fingerprint density at radius 2 is 1.67 bits per heavy atom. The maximum absolute atomic E-state index is 2.50. The predicted molar refractivity (Wildman–Crippen MR) is 117 cm³/mol. The summed E-state index contributed by atoms with van der Waals surface area (Å²) in [5.41, 5.74) is 2.99. The quantitative estimate of drug-likeness (QED) is 0.520. The lowest BCUT2D eigenvalue weighted by atomic mass is 9.65. The minimum absolute atomic E-state index is 0.534. The molecule has 2 aliphatic carbocycles. The molecule has 1 heterocycles. The highest BCUT2D eigenvalue weighted by atomic mass is 15.0. The van der Waals surface area contributed by atoms with Crippen LogP contribution in [0.25, 0.3) is 10.9 Å². The van der Waals surface area contributed by atoms with Gasteiger partial charge in [0.2, 0.25) is 0 Å². The van der Waals surface area contributed by atoms with Crippen molar-refractivity contribution in [1.82, 2.24) is 4.57 Å². The number of hydrogen-bond acceptors (Lipinski definition) is 0. The van der Waals surface area contributed by atoms with Gasteiger partial charge in [0, 0.05) is 17.8 Å². The van der Waals surface area contributed by atoms with E-state index in [1.165, 1.54) is 62.3 Å². The van der Waals surface area contributed by atoms with Crippen molar-refractivity contribution in [2.24, 2.45) is 23.7 Å². The summed E-state index contributed by atoms with van der Waals surface area (Å²) in [4.78, 5) is 0. The van der Waals surface area contributed by atoms with Crippen molar-refractivity contribution in [2.75, 3.05) is 0 Å². The van der Waals surface area contributed by atoms with Crippen LogP contribution in [0.5, 0.6) is 0 Å². The van der Waals surface area contributed by atoms with Crippen LogP contribution in [0, 0.1) is 23.7 Å². The minimum atomic E-state index is 0.534. The van der Waals surface area contributed by atoms with Crippen molar-refractivity contribution in [1.29, 1.82) is 0 Å². The fourth-order valence-corrected chi connectivity index (χ4v) is 6.11. The van der Waals surface area contributed by atoms with E-state index in [0.29, 0.717) is 6.04 Å². The molecular weight excluding hydrogens is 326 g/mol. The van der Waals surface area contributed by atoms with Crippen LogP contribution in [0.3, 0.4) is 0 Å². The van der Waals surface area contributed by atoms with Gasteiger partial charge in [0.15, 0.2) is 0 Å². The molecule has 0 N–H and O–H groups in total. The van der Waals surface area contributed by atoms with Crippen LogP contribution >= 0.6 is 0 Å². The summed E-state index contributed by atoms with van der Waals surface area (Å²) >= 11 is 0. The van der Waals surface area contributed by atoms with Gasteiger partial charge in [-0.2, -0.15) is 0 Å². The van der Waals surface area contributed by atoms with Gasteiger partial charge in [-0.3, -0.25) is 0 Å². The van der Waals surface area contributed by atoms with E-state index in [9.17, 15) is 0 Å². The van der Waals surface area contributed by atoms with Crippen molar-refractivity contribution >= 4 is 10.9 Å². The van der Waals surface area contributed by atoms with E-state index in [1.807, 2.05) is 0 Å². The first-order valence-electron chi connectivity index (χ1n) is 11.6. The van der Waals surface area contributed by atoms with Gasteiger partial charge in [-0.25, -0.2) is 0 Å². The Bertz CT molecular complexity index is 753. The van der Waals surface area contributed by atoms with Gasteiger partial charge in [-0.05, 0) is 111 Å². The summed E-state index contributed by atoms with van der Waals surface area (Å²) in [7, 11) is 0. The molecule has 0 radical (unpaired) electrons. The highest BCUT2D eigenvalue weighted by Crippen LogP contribution is 2.45. The Morgan fingerprint density at radius 3 is 2.44 bits per heavy atom. The molecule has 4 rings (SSSR count). The largest absolute Gasteiger partial charge is 0.345 e. The van der Waals surface area contributed by atoms with E-state index in [-0.39, 0.29) is 0 Å². The molecule has 1 heteroatoms. The van der Waals surface area contributed by atoms with Gasteiger partial charge in [0.05, 0.1) is 0 Å². The molecule has 27 heavy (non-hydrogen) atoms. The van der Waals surface area contributed by atoms with Crippen LogP contribution in [-0.4, -0.2) is 4.57 Å². The normalized spacial score (nSPS) is 29.7. The molecule has 2 aliphatic rings. The molecule has 148 valence electrons. The lowest BCUT2D eigenvalue weighted by Gasteiger charge is -2.40. The predicted octanol–water partition coefficient (Wildman–Crippen LogP) is 7.96. The summed E-state index contributed by atoms with van der Waals surface area (Å²) in [5, 5.41) is 1.43. The Kier molecular flexibility index (Phi) is 5.67. The lowest BCUT2D eigenvalue weighted by Crippen LogP contribution is -2.29. The zero-order valence-electron chi connectivity index (χ0n) is 18.0. The third kappa shape index (κ3) is 3.98. The van der Waals surface area contributed by atoms with Crippen LogP contribution in [0.15, 0.2) is 30.5 Å². The summed E-state index contributed by atoms with van der Waals surface area (Å²) in [6.07, 6.45) is 13.9. The molecule has 4 unspecified atom stereocenters. The molecule has 0 bridgehead atoms. The fourth-order valence-electron chi connectivity index (χ4n) is 6.11. The number of nitrogens with zero attached hydrogens (tertiary/aromatic N) is 1. The van der Waals surface area contributed by atoms with E-state index < -0.39 is 0 Å². The fraction of sp³-hybridized carbons (Fsp3) is 0.692. The smallest absolute Gasteiger partial charge is 0.0482 e. The first kappa shape index (κ1) is 19.1. The van der Waals surface area contributed by atoms with Gasteiger partial charge in [-0.15, -0.1) is 0 Å². The highest BCUT2D eigenvalue weighted by molar-refractivity contribution is 5.81. The van der Waals surface area contributed by atoms with Crippen LogP contribution < -0.4 is 0 Å². The topological polar surface area (TPSA) is 4.93 Å². The average Bonchev–Trinajstić information content (AvgIpc) is 3.05. The monoisotopic (exact) mass is 365 g/mol. The minimum Gasteiger partial charge on any atom is -0.345 e. The van der Waals surface area contributed by atoms with Crippen molar-refractivity contribution in [3.05, 3.63) is 36.0 Å². The van der Waals surface area contributed by atoms with Crippen molar-refractivity contribution in [3.8, 4) is 0 Å². The third-order valence-electron chi connectivity index (χ3n) is 7.91. The van der Waals surface area contributed by atoms with Gasteiger partial charge >= 0.3 is 0 Å². The Hall–Kier alpha value is -1.24. The van der Waals surface area contributed by atoms with Gasteiger partial charge in [0.1, 0.15) is 0 Å². The van der Waals surface area contributed by atoms with E-state index in [4.69, 9.17) is 0 Å². The maximum Gasteiger partial charge on any atom is 0.0482 e. The number of aromatic nitrogens is 1. The second-order valence-electron chi connectivity index (χ2n) is 10.2. The molecule has 0 spiro atoms. The molecular formula is C26H39N. The van der Waals surface area contributed by atoms with Gasteiger partial charge < -0.3 is 4.57 Å². The van der Waals surface area contributed by atoms with Crippen molar-refractivity contribution in [2.45, 2.75) is 91.0 Å². The Morgan fingerprint density at radius 1 is 0.852 bits per heavy atom. The molecule has 2 fully saturated rings. The van der Waals surface area contributed by atoms with Crippen molar-refractivity contribution < 1.29 is 0 Å². The number of rotatable bonds is 3. The number of hydrogen-bond donors (Lipinski definition) is 0. The number of fused-ring (bicyclic) bond motifs is 2. The second kappa shape index (κ2) is 8.02. The maximum atomic E-state index is 2.50. The molecule has 1 aromatic heterocycles. The van der Waals surface area contributed by atoms with Gasteiger partial charge in [0.25, 0.3) is 0 Å². The highest BCUT2D eigenvalue weighted by Gasteiger charge is 2.33. The zero-order chi connectivity index (χ0) is 19.0. The van der Waals surface area contributed by atoms with E-state index in [2.05, 4.69) is 62.7 Å². The molecule has 4 atom stereocenters. The Balaban J connectivity index is 1.49. The SMILES string of the molecule is CC(C)C1CCC2CCCC(c3ccc4c(ccn4C(C)C)c3)CCC2C1. The molecule has 0 saturated heterocycles. The molecule has 1 nitrogen and oxygen atoms in total. The number of benzene rings is 1. The van der Waals surface area contributed by atoms with Crippen LogP contribution in [0.2, 0.25) is 0 Å². The van der Waals surface area contributed by atoms with Crippen LogP contribution in [0.4, 0.5) is 0 Å². The lowest BCUT2D eigenvalue weighted by molar-refractivity contribution is 0.119. The summed E-state index contributed by atoms with van der Waals surface area (Å²) in [6.45, 7) is 9.42. The molecule has 1 aromatic carbocycles. The standard InChI is InChI=1S/C26H39N/c1-18(2)22-10-8-20-6-5-7-21(9-11-23(20)16-22)24-12-13-26-25(17-24)14-15-27(26)19(3)4/h12-15,17-23H,5-11,16H2,1-4H3. The second-order valence-corrected chi connectivity index (χ2v) is 10.2. The van der Waals surface area contributed by atoms with Crippen LogP contribution in [0.1, 0.15) is 96.6 Å². The van der Waals surface area contributed by atoms with E-state index >= 15 is 0 Å². The molecule has 0 aliphatic heterocycles. The molecule has 2 saturated carbocycles. The van der Waals surface area contributed by atoms with Crippen LogP contribution in [-0.2, 0) is 0 Å². The first-order chi connectivity index (χ1) is 13.0. The zero-order valence-corrected chi connectivity index (χ0v) is 18.0. The summed E-state index contributed by atoms with van der Waals surface area (Å²) in [5.74, 6) is 4.66. The van der Waals surface area contributed by atoms with E-state index in [0.717, 1.165) is 29.6 Å². The van der Waals surface area contributed by atoms with Crippen molar-refractivity contribution in [3.63, 3.8) is 0 Å².